The van der Waals surface area contributed by atoms with Gasteiger partial charge in [0, 0.05) is 11.6 Å². The molecule has 100 valence electrons. The van der Waals surface area contributed by atoms with Crippen LogP contribution in [0.3, 0.4) is 0 Å². The molecule has 1 aromatic rings. The van der Waals surface area contributed by atoms with Crippen molar-refractivity contribution < 1.29 is 9.84 Å². The third kappa shape index (κ3) is 0.986. The van der Waals surface area contributed by atoms with E-state index in [1.165, 1.54) is 11.1 Å². The van der Waals surface area contributed by atoms with Gasteiger partial charge in [0.15, 0.2) is 0 Å². The Kier molecular flexibility index (Phi) is 1.78. The lowest BCUT2D eigenvalue weighted by Crippen LogP contribution is -2.74. The molecule has 2 bridgehead atoms. The van der Waals surface area contributed by atoms with Gasteiger partial charge in [-0.3, -0.25) is 0 Å². The maximum Gasteiger partial charge on any atom is 0.124 e. The average Bonchev–Trinajstić information content (AvgIpc) is 2.71. The summed E-state index contributed by atoms with van der Waals surface area (Å²) in [5, 5.41) is 15.0. The van der Waals surface area contributed by atoms with Gasteiger partial charge in [0.1, 0.15) is 11.9 Å². The number of nitrogens with one attached hydrogen (secondary N) is 1. The Bertz CT molecular complexity index is 572. The molecule has 0 radical (unpaired) electrons. The van der Waals surface area contributed by atoms with E-state index in [9.17, 15) is 5.11 Å². The zero-order valence-electron chi connectivity index (χ0n) is 11.0. The number of hydrogen-bond acceptors (Lipinski definition) is 3. The molecule has 4 aliphatic rings. The number of benzene rings is 1. The minimum atomic E-state index is -0.603. The van der Waals surface area contributed by atoms with Crippen molar-refractivity contribution in [3.8, 4) is 5.75 Å². The second-order valence-electron chi connectivity index (χ2n) is 6.65. The standard InChI is InChI=1S/C16H19NO2/c18-16-6-2-5-13-15(16)7-8-17-12(16)9-10-3-1-4-11(19-13)14(10)15/h1,3-4,12-13,17-18H,2,5-9H2/t12-,13?,15-,16?/m1/s1. The summed E-state index contributed by atoms with van der Waals surface area (Å²) in [7, 11) is 0. The lowest BCUT2D eigenvalue weighted by Gasteiger charge is -2.60. The Hall–Kier alpha value is -1.06. The number of rotatable bonds is 0. The first-order valence-corrected chi connectivity index (χ1v) is 7.50. The summed E-state index contributed by atoms with van der Waals surface area (Å²) in [4.78, 5) is 0. The third-order valence-corrected chi connectivity index (χ3v) is 6.08. The lowest BCUT2D eigenvalue weighted by atomic mass is 9.49. The Morgan fingerprint density at radius 1 is 1.32 bits per heavy atom. The minimum Gasteiger partial charge on any atom is -0.489 e. The van der Waals surface area contributed by atoms with Crippen molar-refractivity contribution in [1.29, 1.82) is 0 Å². The molecular weight excluding hydrogens is 238 g/mol. The Labute approximate surface area is 113 Å². The molecule has 1 aromatic carbocycles. The highest BCUT2D eigenvalue weighted by molar-refractivity contribution is 5.56. The second kappa shape index (κ2) is 3.15. The molecule has 3 heteroatoms. The quantitative estimate of drug-likeness (QED) is 0.740. The maximum absolute atomic E-state index is 11.5. The molecule has 0 aromatic heterocycles. The lowest BCUT2D eigenvalue weighted by molar-refractivity contribution is -0.149. The van der Waals surface area contributed by atoms with Gasteiger partial charge in [-0.2, -0.15) is 0 Å². The van der Waals surface area contributed by atoms with Crippen LogP contribution in [0.25, 0.3) is 0 Å². The second-order valence-corrected chi connectivity index (χ2v) is 6.65. The van der Waals surface area contributed by atoms with Gasteiger partial charge in [0.25, 0.3) is 0 Å². The zero-order chi connectivity index (χ0) is 12.7. The van der Waals surface area contributed by atoms with Crippen LogP contribution in [0.1, 0.15) is 36.8 Å². The van der Waals surface area contributed by atoms with Gasteiger partial charge < -0.3 is 15.2 Å². The first kappa shape index (κ1) is 10.7. The van der Waals surface area contributed by atoms with E-state index in [-0.39, 0.29) is 17.6 Å². The van der Waals surface area contributed by atoms with Crippen molar-refractivity contribution in [3.05, 3.63) is 29.3 Å². The largest absolute Gasteiger partial charge is 0.489 e. The maximum atomic E-state index is 11.5. The first-order chi connectivity index (χ1) is 9.26. The van der Waals surface area contributed by atoms with Crippen molar-refractivity contribution in [2.24, 2.45) is 0 Å². The molecule has 2 heterocycles. The molecule has 2 unspecified atom stereocenters. The zero-order valence-corrected chi connectivity index (χ0v) is 11.0. The number of hydrogen-bond donors (Lipinski definition) is 2. The monoisotopic (exact) mass is 257 g/mol. The van der Waals surface area contributed by atoms with Crippen molar-refractivity contribution in [1.82, 2.24) is 5.32 Å². The van der Waals surface area contributed by atoms with Crippen LogP contribution in [-0.2, 0) is 11.8 Å². The van der Waals surface area contributed by atoms with Crippen molar-refractivity contribution in [2.45, 2.75) is 55.3 Å². The van der Waals surface area contributed by atoms with Gasteiger partial charge in [-0.15, -0.1) is 0 Å². The summed E-state index contributed by atoms with van der Waals surface area (Å²) in [5.74, 6) is 1.04. The van der Waals surface area contributed by atoms with Crippen molar-refractivity contribution >= 4 is 0 Å². The molecule has 1 saturated carbocycles. The molecule has 2 fully saturated rings. The smallest absolute Gasteiger partial charge is 0.124 e. The molecule has 2 aliphatic carbocycles. The van der Waals surface area contributed by atoms with Gasteiger partial charge in [-0.1, -0.05) is 12.1 Å². The highest BCUT2D eigenvalue weighted by Gasteiger charge is 2.69. The minimum absolute atomic E-state index is 0.134. The van der Waals surface area contributed by atoms with Crippen LogP contribution >= 0.6 is 0 Å². The van der Waals surface area contributed by atoms with Crippen LogP contribution in [0, 0.1) is 0 Å². The SMILES string of the molecule is OC12CCCC3Oc4cccc5c4[C@@]31CCN[C@@H]2C5. The predicted octanol–water partition coefficient (Wildman–Crippen LogP) is 1.52. The summed E-state index contributed by atoms with van der Waals surface area (Å²) < 4.78 is 6.26. The van der Waals surface area contributed by atoms with Crippen LogP contribution < -0.4 is 10.1 Å². The Morgan fingerprint density at radius 2 is 2.26 bits per heavy atom. The Balaban J connectivity index is 1.87. The fourth-order valence-electron chi connectivity index (χ4n) is 5.41. The normalized spacial score (nSPS) is 45.5. The molecular formula is C16H19NO2. The van der Waals surface area contributed by atoms with Gasteiger partial charge >= 0.3 is 0 Å². The van der Waals surface area contributed by atoms with Crippen LogP contribution in [0.4, 0.5) is 0 Å². The molecule has 2 N–H and O–H groups in total. The molecule has 19 heavy (non-hydrogen) atoms. The van der Waals surface area contributed by atoms with E-state index in [1.807, 2.05) is 0 Å². The molecule has 4 atom stereocenters. The van der Waals surface area contributed by atoms with Gasteiger partial charge in [0.2, 0.25) is 0 Å². The highest BCUT2D eigenvalue weighted by atomic mass is 16.5. The van der Waals surface area contributed by atoms with Crippen molar-refractivity contribution in [2.75, 3.05) is 6.54 Å². The van der Waals surface area contributed by atoms with E-state index >= 15 is 0 Å². The molecule has 5 rings (SSSR count). The summed E-state index contributed by atoms with van der Waals surface area (Å²) in [6, 6.07) is 6.62. The average molecular weight is 257 g/mol. The fourth-order valence-corrected chi connectivity index (χ4v) is 5.41. The van der Waals surface area contributed by atoms with Crippen LogP contribution in [-0.4, -0.2) is 29.4 Å². The van der Waals surface area contributed by atoms with Gasteiger partial charge in [0.05, 0.1) is 11.0 Å². The van der Waals surface area contributed by atoms with Gasteiger partial charge in [-0.25, -0.2) is 0 Å². The van der Waals surface area contributed by atoms with Crippen LogP contribution in [0.2, 0.25) is 0 Å². The molecule has 0 amide bonds. The van der Waals surface area contributed by atoms with E-state index < -0.39 is 5.60 Å². The summed E-state index contributed by atoms with van der Waals surface area (Å²) in [6.07, 6.45) is 5.21. The summed E-state index contributed by atoms with van der Waals surface area (Å²) >= 11 is 0. The van der Waals surface area contributed by atoms with Crippen molar-refractivity contribution in [3.63, 3.8) is 0 Å². The number of piperidine rings is 1. The van der Waals surface area contributed by atoms with E-state index in [4.69, 9.17) is 4.74 Å². The molecule has 1 saturated heterocycles. The molecule has 1 spiro atoms. The van der Waals surface area contributed by atoms with E-state index in [1.54, 1.807) is 0 Å². The molecule has 2 aliphatic heterocycles. The number of ether oxygens (including phenoxy) is 1. The van der Waals surface area contributed by atoms with E-state index in [0.717, 1.165) is 44.4 Å². The highest BCUT2D eigenvalue weighted by Crippen LogP contribution is 2.62. The fraction of sp³-hybridized carbons (Fsp3) is 0.625. The van der Waals surface area contributed by atoms with E-state index in [0.29, 0.717) is 0 Å². The summed E-state index contributed by atoms with van der Waals surface area (Å²) in [6.45, 7) is 1.00. The first-order valence-electron chi connectivity index (χ1n) is 7.50. The van der Waals surface area contributed by atoms with E-state index in [2.05, 4.69) is 23.5 Å². The predicted molar refractivity (Wildman–Crippen MR) is 71.4 cm³/mol. The topological polar surface area (TPSA) is 41.5 Å². The Morgan fingerprint density at radius 3 is 3.21 bits per heavy atom. The summed E-state index contributed by atoms with van der Waals surface area (Å²) in [5.41, 5.74) is 2.00. The van der Waals surface area contributed by atoms with Crippen LogP contribution in [0.15, 0.2) is 18.2 Å². The molecule has 3 nitrogen and oxygen atoms in total. The third-order valence-electron chi connectivity index (χ3n) is 6.08. The van der Waals surface area contributed by atoms with Gasteiger partial charge in [-0.05, 0) is 50.3 Å². The number of aliphatic hydroxyl groups is 1. The van der Waals surface area contributed by atoms with Crippen LogP contribution in [0.5, 0.6) is 5.75 Å².